The molecule has 1 aromatic rings. The highest BCUT2D eigenvalue weighted by Gasteiger charge is 1.89. The second-order valence-electron chi connectivity index (χ2n) is 2.16. The number of nitrogens with one attached hydrogen (secondary N) is 1. The third-order valence-electron chi connectivity index (χ3n) is 1.22. The van der Waals surface area contributed by atoms with Crippen LogP contribution in [0.2, 0.25) is 0 Å². The first kappa shape index (κ1) is 6.81. The normalized spacial score (nSPS) is 9.30. The van der Waals surface area contributed by atoms with Crippen LogP contribution in [-0.2, 0) is 0 Å². The maximum absolute atomic E-state index is 10.8. The Morgan fingerprint density at radius 2 is 2.30 bits per heavy atom. The summed E-state index contributed by atoms with van der Waals surface area (Å²) in [6.45, 7) is 5.38. The number of pyridine rings is 1. The Kier molecular flexibility index (Phi) is 1.71. The predicted molar refractivity (Wildman–Crippen MR) is 41.9 cm³/mol. The van der Waals surface area contributed by atoms with Crippen molar-refractivity contribution in [3.8, 4) is 0 Å². The van der Waals surface area contributed by atoms with Crippen LogP contribution >= 0.6 is 0 Å². The second kappa shape index (κ2) is 2.52. The zero-order valence-electron chi connectivity index (χ0n) is 5.85. The molecule has 0 aliphatic carbocycles. The largest absolute Gasteiger partial charge is 0.359 e. The molecule has 0 aliphatic rings. The van der Waals surface area contributed by atoms with Gasteiger partial charge in [-0.2, -0.15) is 0 Å². The molecule has 10 heavy (non-hydrogen) atoms. The first-order chi connectivity index (χ1) is 4.72. The number of aromatic nitrogens is 1. The van der Waals surface area contributed by atoms with Crippen molar-refractivity contribution in [2.75, 3.05) is 0 Å². The molecule has 2 nitrogen and oxygen atoms in total. The standard InChI is InChI=1S/C8H9NO/c1-3-7-5-8(10)4-6(2)9-7/h3-5H,1H2,2H3,(H,9,10). The van der Waals surface area contributed by atoms with Crippen molar-refractivity contribution in [1.82, 2.24) is 4.98 Å². The SMILES string of the molecule is C=Cc1cc(=O)cc(C)[nH]1. The first-order valence-electron chi connectivity index (χ1n) is 3.06. The van der Waals surface area contributed by atoms with Crippen molar-refractivity contribution >= 4 is 6.08 Å². The van der Waals surface area contributed by atoms with Gasteiger partial charge < -0.3 is 4.98 Å². The van der Waals surface area contributed by atoms with E-state index in [0.717, 1.165) is 11.4 Å². The lowest BCUT2D eigenvalue weighted by molar-refractivity contribution is 1.17. The molecule has 0 aliphatic heterocycles. The lowest BCUT2D eigenvalue weighted by atomic mass is 10.3. The highest BCUT2D eigenvalue weighted by molar-refractivity contribution is 5.41. The average molecular weight is 135 g/mol. The molecule has 0 radical (unpaired) electrons. The number of hydrogen-bond acceptors (Lipinski definition) is 1. The van der Waals surface area contributed by atoms with E-state index in [1.165, 1.54) is 6.07 Å². The molecule has 52 valence electrons. The van der Waals surface area contributed by atoms with E-state index in [-0.39, 0.29) is 5.43 Å². The highest BCUT2D eigenvalue weighted by atomic mass is 16.1. The predicted octanol–water partition coefficient (Wildman–Crippen LogP) is 1.33. The topological polar surface area (TPSA) is 32.9 Å². The zero-order chi connectivity index (χ0) is 7.56. The fourth-order valence-corrected chi connectivity index (χ4v) is 0.818. The van der Waals surface area contributed by atoms with E-state index < -0.39 is 0 Å². The number of aromatic amines is 1. The van der Waals surface area contributed by atoms with Crippen LogP contribution in [0.15, 0.2) is 23.5 Å². The van der Waals surface area contributed by atoms with Crippen molar-refractivity contribution < 1.29 is 0 Å². The van der Waals surface area contributed by atoms with Gasteiger partial charge in [-0.15, -0.1) is 0 Å². The summed E-state index contributed by atoms with van der Waals surface area (Å²) in [5.41, 5.74) is 1.65. The van der Waals surface area contributed by atoms with Crippen LogP contribution in [-0.4, -0.2) is 4.98 Å². The minimum Gasteiger partial charge on any atom is -0.359 e. The van der Waals surface area contributed by atoms with Gasteiger partial charge in [-0.1, -0.05) is 6.58 Å². The van der Waals surface area contributed by atoms with Gasteiger partial charge in [0.05, 0.1) is 0 Å². The molecule has 0 amide bonds. The summed E-state index contributed by atoms with van der Waals surface area (Å²) in [5.74, 6) is 0. The van der Waals surface area contributed by atoms with Gasteiger partial charge in [-0.05, 0) is 13.0 Å². The Morgan fingerprint density at radius 1 is 1.60 bits per heavy atom. The Hall–Kier alpha value is -1.31. The molecule has 2 heteroatoms. The molecule has 1 aromatic heterocycles. The number of hydrogen-bond donors (Lipinski definition) is 1. The van der Waals surface area contributed by atoms with E-state index in [0.29, 0.717) is 0 Å². The molecule has 0 fully saturated rings. The summed E-state index contributed by atoms with van der Waals surface area (Å²) in [6.07, 6.45) is 1.62. The van der Waals surface area contributed by atoms with E-state index in [2.05, 4.69) is 11.6 Å². The van der Waals surface area contributed by atoms with Gasteiger partial charge in [0.1, 0.15) is 0 Å². The molecule has 0 saturated heterocycles. The Labute approximate surface area is 59.2 Å². The minimum atomic E-state index is 0.0196. The van der Waals surface area contributed by atoms with Gasteiger partial charge in [-0.25, -0.2) is 0 Å². The zero-order valence-corrected chi connectivity index (χ0v) is 5.85. The van der Waals surface area contributed by atoms with Crippen LogP contribution in [0.25, 0.3) is 6.08 Å². The fraction of sp³-hybridized carbons (Fsp3) is 0.125. The van der Waals surface area contributed by atoms with Crippen molar-refractivity contribution in [3.05, 3.63) is 40.3 Å². The molecule has 0 atom stereocenters. The van der Waals surface area contributed by atoms with Crippen LogP contribution in [0.3, 0.4) is 0 Å². The van der Waals surface area contributed by atoms with Crippen molar-refractivity contribution in [3.63, 3.8) is 0 Å². The first-order valence-corrected chi connectivity index (χ1v) is 3.06. The van der Waals surface area contributed by atoms with Crippen LogP contribution in [0.1, 0.15) is 11.4 Å². The fourth-order valence-electron chi connectivity index (χ4n) is 0.818. The third kappa shape index (κ3) is 1.35. The smallest absolute Gasteiger partial charge is 0.182 e. The molecule has 1 heterocycles. The molecule has 1 rings (SSSR count). The van der Waals surface area contributed by atoms with Crippen molar-refractivity contribution in [1.29, 1.82) is 0 Å². The van der Waals surface area contributed by atoms with Gasteiger partial charge in [-0.3, -0.25) is 4.79 Å². The summed E-state index contributed by atoms with van der Waals surface area (Å²) >= 11 is 0. The third-order valence-corrected chi connectivity index (χ3v) is 1.22. The summed E-state index contributed by atoms with van der Waals surface area (Å²) in [4.78, 5) is 13.8. The lowest BCUT2D eigenvalue weighted by Crippen LogP contribution is -2.00. The Morgan fingerprint density at radius 3 is 2.80 bits per heavy atom. The summed E-state index contributed by atoms with van der Waals surface area (Å²) in [5, 5.41) is 0. The summed E-state index contributed by atoms with van der Waals surface area (Å²) in [6, 6.07) is 3.06. The van der Waals surface area contributed by atoms with Crippen LogP contribution < -0.4 is 5.43 Å². The Balaban J connectivity index is 3.32. The van der Waals surface area contributed by atoms with E-state index in [4.69, 9.17) is 0 Å². The maximum Gasteiger partial charge on any atom is 0.182 e. The van der Waals surface area contributed by atoms with E-state index in [9.17, 15) is 4.79 Å². The van der Waals surface area contributed by atoms with E-state index in [1.54, 1.807) is 12.1 Å². The van der Waals surface area contributed by atoms with E-state index >= 15 is 0 Å². The van der Waals surface area contributed by atoms with Crippen LogP contribution in [0, 0.1) is 6.92 Å². The summed E-state index contributed by atoms with van der Waals surface area (Å²) in [7, 11) is 0. The number of rotatable bonds is 1. The average Bonchev–Trinajstić information content (AvgIpc) is 1.85. The van der Waals surface area contributed by atoms with Gasteiger partial charge >= 0.3 is 0 Å². The lowest BCUT2D eigenvalue weighted by Gasteiger charge is -1.94. The molecule has 0 saturated carbocycles. The monoisotopic (exact) mass is 135 g/mol. The van der Waals surface area contributed by atoms with Gasteiger partial charge in [0, 0.05) is 23.5 Å². The molecule has 0 unspecified atom stereocenters. The molecular formula is C8H9NO. The quantitative estimate of drug-likeness (QED) is 0.619. The molecular weight excluding hydrogens is 126 g/mol. The minimum absolute atomic E-state index is 0.0196. The van der Waals surface area contributed by atoms with E-state index in [1.807, 2.05) is 6.92 Å². The molecule has 1 N–H and O–H groups in total. The second-order valence-corrected chi connectivity index (χ2v) is 2.16. The molecule has 0 bridgehead atoms. The van der Waals surface area contributed by atoms with Crippen LogP contribution in [0.4, 0.5) is 0 Å². The van der Waals surface area contributed by atoms with Gasteiger partial charge in [0.15, 0.2) is 5.43 Å². The van der Waals surface area contributed by atoms with Crippen LogP contribution in [0.5, 0.6) is 0 Å². The Bertz CT molecular complexity index is 298. The van der Waals surface area contributed by atoms with Crippen molar-refractivity contribution in [2.24, 2.45) is 0 Å². The summed E-state index contributed by atoms with van der Waals surface area (Å²) < 4.78 is 0. The van der Waals surface area contributed by atoms with Crippen molar-refractivity contribution in [2.45, 2.75) is 6.92 Å². The number of aryl methyl sites for hydroxylation is 1. The maximum atomic E-state index is 10.8. The highest BCUT2D eigenvalue weighted by Crippen LogP contribution is 1.93. The molecule has 0 spiro atoms. The van der Waals surface area contributed by atoms with Gasteiger partial charge in [0.2, 0.25) is 0 Å². The number of H-pyrrole nitrogens is 1. The van der Waals surface area contributed by atoms with Gasteiger partial charge in [0.25, 0.3) is 0 Å². The molecule has 0 aromatic carbocycles.